The average molecular weight is 244 g/mol. The number of halogens is 1. The van der Waals surface area contributed by atoms with Crippen LogP contribution >= 0.6 is 11.6 Å². The van der Waals surface area contributed by atoms with Gasteiger partial charge in [-0.3, -0.25) is 4.79 Å². The van der Waals surface area contributed by atoms with E-state index < -0.39 is 0 Å². The summed E-state index contributed by atoms with van der Waals surface area (Å²) in [6, 6.07) is 3.15. The Labute approximate surface area is 98.8 Å². The van der Waals surface area contributed by atoms with Crippen molar-refractivity contribution in [1.82, 2.24) is 10.3 Å². The number of aliphatic hydroxyl groups is 1. The van der Waals surface area contributed by atoms with Crippen molar-refractivity contribution in [3.8, 4) is 0 Å². The van der Waals surface area contributed by atoms with Gasteiger partial charge in [-0.1, -0.05) is 11.6 Å². The van der Waals surface area contributed by atoms with Gasteiger partial charge in [-0.2, -0.15) is 0 Å². The number of aromatic nitrogens is 1. The Morgan fingerprint density at radius 2 is 2.31 bits per heavy atom. The topological polar surface area (TPSA) is 74.2 Å². The molecule has 1 rings (SSSR count). The first kappa shape index (κ1) is 12.7. The molecule has 0 unspecified atom stereocenters. The van der Waals surface area contributed by atoms with E-state index in [1.165, 1.54) is 0 Å². The lowest BCUT2D eigenvalue weighted by molar-refractivity contribution is 0.0945. The van der Waals surface area contributed by atoms with E-state index in [0.717, 1.165) is 0 Å². The minimum Gasteiger partial charge on any atom is -0.395 e. The van der Waals surface area contributed by atoms with E-state index in [4.69, 9.17) is 16.7 Å². The van der Waals surface area contributed by atoms with E-state index >= 15 is 0 Å². The lowest BCUT2D eigenvalue weighted by atomic mass is 10.2. The summed E-state index contributed by atoms with van der Waals surface area (Å²) in [5.74, 6) is 0.166. The van der Waals surface area contributed by atoms with Gasteiger partial charge < -0.3 is 15.7 Å². The third-order valence-corrected chi connectivity index (χ3v) is 2.06. The lowest BCUT2D eigenvalue weighted by Gasteiger charge is -2.09. The lowest BCUT2D eigenvalue weighted by Crippen LogP contribution is -2.27. The summed E-state index contributed by atoms with van der Waals surface area (Å²) in [5, 5.41) is 14.5. The zero-order valence-corrected chi connectivity index (χ0v) is 9.71. The second-order valence-electron chi connectivity index (χ2n) is 3.04. The van der Waals surface area contributed by atoms with E-state index in [2.05, 4.69) is 15.6 Å². The zero-order chi connectivity index (χ0) is 12.0. The molecule has 0 aliphatic heterocycles. The molecule has 1 heterocycles. The third-order valence-electron chi connectivity index (χ3n) is 1.85. The summed E-state index contributed by atoms with van der Waals surface area (Å²) in [7, 11) is 0. The minimum atomic E-state index is -0.283. The highest BCUT2D eigenvalue weighted by Crippen LogP contribution is 2.16. The van der Waals surface area contributed by atoms with Crippen LogP contribution in [0.25, 0.3) is 0 Å². The molecule has 1 aromatic heterocycles. The maximum atomic E-state index is 11.7. The van der Waals surface area contributed by atoms with E-state index in [1.54, 1.807) is 12.1 Å². The molecule has 0 bridgehead atoms. The first-order valence-corrected chi connectivity index (χ1v) is 5.36. The van der Waals surface area contributed by atoms with E-state index in [0.29, 0.717) is 23.1 Å². The van der Waals surface area contributed by atoms with Crippen molar-refractivity contribution >= 4 is 23.3 Å². The highest BCUT2D eigenvalue weighted by molar-refractivity contribution is 6.29. The van der Waals surface area contributed by atoms with Crippen LogP contribution in [0, 0.1) is 0 Å². The number of carbonyl (C=O) groups is 1. The molecule has 88 valence electrons. The summed E-state index contributed by atoms with van der Waals surface area (Å²) >= 11 is 5.74. The second kappa shape index (κ2) is 6.30. The van der Waals surface area contributed by atoms with Crippen molar-refractivity contribution in [3.05, 3.63) is 22.8 Å². The molecular weight excluding hydrogens is 230 g/mol. The van der Waals surface area contributed by atoms with Crippen LogP contribution in [0.5, 0.6) is 0 Å². The molecule has 0 saturated heterocycles. The summed E-state index contributed by atoms with van der Waals surface area (Å²) in [5.41, 5.74) is 0.416. The van der Waals surface area contributed by atoms with Crippen molar-refractivity contribution in [1.29, 1.82) is 0 Å². The molecule has 0 fully saturated rings. The van der Waals surface area contributed by atoms with E-state index in [1.807, 2.05) is 6.92 Å². The molecule has 0 aliphatic rings. The van der Waals surface area contributed by atoms with Crippen LogP contribution in [0.2, 0.25) is 5.15 Å². The van der Waals surface area contributed by atoms with Crippen LogP contribution in [0.1, 0.15) is 17.3 Å². The first-order valence-electron chi connectivity index (χ1n) is 4.98. The van der Waals surface area contributed by atoms with Crippen molar-refractivity contribution in [2.45, 2.75) is 6.92 Å². The molecule has 5 nitrogen and oxygen atoms in total. The van der Waals surface area contributed by atoms with Gasteiger partial charge in [-0.25, -0.2) is 4.98 Å². The summed E-state index contributed by atoms with van der Waals surface area (Å²) in [4.78, 5) is 15.7. The smallest absolute Gasteiger partial charge is 0.255 e. The number of hydrogen-bond donors (Lipinski definition) is 3. The van der Waals surface area contributed by atoms with Crippen molar-refractivity contribution in [2.24, 2.45) is 0 Å². The summed E-state index contributed by atoms with van der Waals surface area (Å²) in [6.45, 7) is 2.67. The number of nitrogens with zero attached hydrogens (tertiary/aromatic N) is 1. The van der Waals surface area contributed by atoms with Gasteiger partial charge in [0.25, 0.3) is 5.91 Å². The molecule has 0 saturated carbocycles. The third kappa shape index (κ3) is 3.36. The van der Waals surface area contributed by atoms with Crippen molar-refractivity contribution in [2.75, 3.05) is 25.0 Å². The van der Waals surface area contributed by atoms with Crippen molar-refractivity contribution in [3.63, 3.8) is 0 Å². The van der Waals surface area contributed by atoms with Gasteiger partial charge >= 0.3 is 0 Å². The second-order valence-corrected chi connectivity index (χ2v) is 3.43. The van der Waals surface area contributed by atoms with Crippen LogP contribution in [0.4, 0.5) is 5.82 Å². The fraction of sp³-hybridized carbons (Fsp3) is 0.400. The predicted octanol–water partition coefficient (Wildman–Crippen LogP) is 0.889. The first-order chi connectivity index (χ1) is 7.69. The van der Waals surface area contributed by atoms with Gasteiger partial charge in [0.2, 0.25) is 0 Å². The summed E-state index contributed by atoms with van der Waals surface area (Å²) < 4.78 is 0. The SMILES string of the molecule is CCNc1nc(Cl)ccc1C(=O)NCCO. The maximum Gasteiger partial charge on any atom is 0.255 e. The number of aliphatic hydroxyl groups excluding tert-OH is 1. The zero-order valence-electron chi connectivity index (χ0n) is 8.96. The van der Waals surface area contributed by atoms with Gasteiger partial charge in [0.05, 0.1) is 12.2 Å². The Bertz CT molecular complexity index is 371. The highest BCUT2D eigenvalue weighted by atomic mass is 35.5. The molecule has 0 spiro atoms. The standard InChI is InChI=1S/C10H14ClN3O2/c1-2-12-9-7(3-4-8(11)14-9)10(16)13-5-6-15/h3-4,15H,2,5-6H2,1H3,(H,12,14)(H,13,16). The molecule has 3 N–H and O–H groups in total. The van der Waals surface area contributed by atoms with Crippen LogP contribution in [-0.4, -0.2) is 35.7 Å². The molecule has 1 aromatic rings. The number of amides is 1. The number of carbonyl (C=O) groups excluding carboxylic acids is 1. The van der Waals surface area contributed by atoms with E-state index in [-0.39, 0.29) is 19.1 Å². The molecule has 0 radical (unpaired) electrons. The number of anilines is 1. The fourth-order valence-electron chi connectivity index (χ4n) is 1.19. The molecule has 0 aliphatic carbocycles. The quantitative estimate of drug-likeness (QED) is 0.672. The molecule has 16 heavy (non-hydrogen) atoms. The normalized spacial score (nSPS) is 9.94. The van der Waals surface area contributed by atoms with Gasteiger partial charge in [0.15, 0.2) is 0 Å². The van der Waals surface area contributed by atoms with Gasteiger partial charge in [-0.05, 0) is 19.1 Å². The van der Waals surface area contributed by atoms with Crippen molar-refractivity contribution < 1.29 is 9.90 Å². The molecule has 0 aromatic carbocycles. The Balaban J connectivity index is 2.88. The molecule has 1 amide bonds. The molecular formula is C10H14ClN3O2. The Hall–Kier alpha value is -1.33. The predicted molar refractivity (Wildman–Crippen MR) is 62.8 cm³/mol. The Morgan fingerprint density at radius 3 is 2.94 bits per heavy atom. The fourth-order valence-corrected chi connectivity index (χ4v) is 1.33. The van der Waals surface area contributed by atoms with E-state index in [9.17, 15) is 4.79 Å². The molecule has 0 atom stereocenters. The van der Waals surface area contributed by atoms with Crippen LogP contribution in [0.15, 0.2) is 12.1 Å². The maximum absolute atomic E-state index is 11.7. The highest BCUT2D eigenvalue weighted by Gasteiger charge is 2.12. The monoisotopic (exact) mass is 243 g/mol. The number of nitrogens with one attached hydrogen (secondary N) is 2. The average Bonchev–Trinajstić information content (AvgIpc) is 2.26. The number of hydrogen-bond acceptors (Lipinski definition) is 4. The number of rotatable bonds is 5. The van der Waals surface area contributed by atoms with Crippen LogP contribution in [0.3, 0.4) is 0 Å². The Morgan fingerprint density at radius 1 is 1.56 bits per heavy atom. The van der Waals surface area contributed by atoms with Crippen LogP contribution < -0.4 is 10.6 Å². The van der Waals surface area contributed by atoms with Crippen LogP contribution in [-0.2, 0) is 0 Å². The largest absolute Gasteiger partial charge is 0.395 e. The van der Waals surface area contributed by atoms with Gasteiger partial charge in [0.1, 0.15) is 11.0 Å². The number of pyridine rings is 1. The van der Waals surface area contributed by atoms with Gasteiger partial charge in [0, 0.05) is 13.1 Å². The minimum absolute atomic E-state index is 0.0940. The Kier molecular flexibility index (Phi) is 5.01. The molecule has 6 heteroatoms. The summed E-state index contributed by atoms with van der Waals surface area (Å²) in [6.07, 6.45) is 0. The van der Waals surface area contributed by atoms with Gasteiger partial charge in [-0.15, -0.1) is 0 Å².